The zero-order valence-corrected chi connectivity index (χ0v) is 13.1. The number of nitrogens with one attached hydrogen (secondary N) is 2. The van der Waals surface area contributed by atoms with Gasteiger partial charge in [0.15, 0.2) is 0 Å². The van der Waals surface area contributed by atoms with E-state index in [1.807, 2.05) is 12.4 Å². The molecule has 5 heteroatoms. The van der Waals surface area contributed by atoms with Crippen molar-refractivity contribution in [1.82, 2.24) is 20.5 Å². The van der Waals surface area contributed by atoms with Gasteiger partial charge in [-0.2, -0.15) is 0 Å². The van der Waals surface area contributed by atoms with E-state index in [4.69, 9.17) is 0 Å². The van der Waals surface area contributed by atoms with Gasteiger partial charge < -0.3 is 15.5 Å². The van der Waals surface area contributed by atoms with Crippen molar-refractivity contribution in [3.05, 3.63) is 30.1 Å². The smallest absolute Gasteiger partial charge is 0.237 e. The first-order valence-electron chi connectivity index (χ1n) is 8.46. The average Bonchev–Trinajstić information content (AvgIpc) is 3.10. The Bertz CT molecular complexity index is 465. The van der Waals surface area contributed by atoms with E-state index in [2.05, 4.69) is 32.7 Å². The van der Waals surface area contributed by atoms with Crippen molar-refractivity contribution in [1.29, 1.82) is 0 Å². The van der Waals surface area contributed by atoms with Crippen LogP contribution in [0.3, 0.4) is 0 Å². The summed E-state index contributed by atoms with van der Waals surface area (Å²) in [6.07, 6.45) is 9.01. The van der Waals surface area contributed by atoms with Crippen molar-refractivity contribution in [2.75, 3.05) is 26.2 Å². The average molecular weight is 302 g/mol. The third kappa shape index (κ3) is 4.27. The SMILES string of the molecule is O=C(NC1CCN(CCc2ccncc2)CC1)[C@@H]1CCCN1. The monoisotopic (exact) mass is 302 g/mol. The molecule has 2 aliphatic heterocycles. The van der Waals surface area contributed by atoms with Gasteiger partial charge in [0, 0.05) is 38.1 Å². The van der Waals surface area contributed by atoms with Crippen LogP contribution in [-0.2, 0) is 11.2 Å². The molecule has 0 bridgehead atoms. The number of carbonyl (C=O) groups excluding carboxylic acids is 1. The van der Waals surface area contributed by atoms with Gasteiger partial charge in [-0.25, -0.2) is 0 Å². The minimum atomic E-state index is 0.0460. The summed E-state index contributed by atoms with van der Waals surface area (Å²) < 4.78 is 0. The molecule has 0 radical (unpaired) electrons. The second-order valence-corrected chi connectivity index (χ2v) is 6.38. The summed E-state index contributed by atoms with van der Waals surface area (Å²) in [5.41, 5.74) is 1.35. The van der Waals surface area contributed by atoms with Crippen molar-refractivity contribution < 1.29 is 4.79 Å². The molecule has 2 fully saturated rings. The molecule has 1 atom stereocenters. The molecule has 2 saturated heterocycles. The number of likely N-dealkylation sites (tertiary alicyclic amines) is 1. The van der Waals surface area contributed by atoms with Gasteiger partial charge in [0.25, 0.3) is 0 Å². The highest BCUT2D eigenvalue weighted by Crippen LogP contribution is 2.13. The highest BCUT2D eigenvalue weighted by atomic mass is 16.2. The predicted octanol–water partition coefficient (Wildman–Crippen LogP) is 0.957. The zero-order valence-electron chi connectivity index (χ0n) is 13.1. The molecule has 1 aromatic rings. The van der Waals surface area contributed by atoms with E-state index in [9.17, 15) is 4.79 Å². The number of amides is 1. The Labute approximate surface area is 132 Å². The molecular weight excluding hydrogens is 276 g/mol. The normalized spacial score (nSPS) is 23.5. The number of hydrogen-bond donors (Lipinski definition) is 2. The second kappa shape index (κ2) is 7.70. The summed E-state index contributed by atoms with van der Waals surface area (Å²) in [7, 11) is 0. The summed E-state index contributed by atoms with van der Waals surface area (Å²) >= 11 is 0. The van der Waals surface area contributed by atoms with Crippen LogP contribution in [0.4, 0.5) is 0 Å². The predicted molar refractivity (Wildman–Crippen MR) is 86.6 cm³/mol. The first-order chi connectivity index (χ1) is 10.8. The third-order valence-electron chi connectivity index (χ3n) is 4.78. The Kier molecular flexibility index (Phi) is 5.40. The number of nitrogens with zero attached hydrogens (tertiary/aromatic N) is 2. The first-order valence-corrected chi connectivity index (χ1v) is 8.46. The van der Waals surface area contributed by atoms with Crippen LogP contribution in [0.2, 0.25) is 0 Å². The van der Waals surface area contributed by atoms with Crippen LogP contribution in [0.15, 0.2) is 24.5 Å². The molecule has 0 spiro atoms. The standard InChI is InChI=1S/C17H26N4O/c22-17(16-2-1-8-19-16)20-15-6-12-21(13-7-15)11-5-14-3-9-18-10-4-14/h3-4,9-10,15-16,19H,1-2,5-8,11-13H2,(H,20,22)/t16-/m0/s1. The van der Waals surface area contributed by atoms with Crippen molar-refractivity contribution >= 4 is 5.91 Å². The first kappa shape index (κ1) is 15.4. The maximum Gasteiger partial charge on any atom is 0.237 e. The van der Waals surface area contributed by atoms with Crippen LogP contribution in [0.5, 0.6) is 0 Å². The van der Waals surface area contributed by atoms with E-state index in [0.717, 1.165) is 58.3 Å². The lowest BCUT2D eigenvalue weighted by atomic mass is 10.0. The van der Waals surface area contributed by atoms with Crippen LogP contribution >= 0.6 is 0 Å². The van der Waals surface area contributed by atoms with E-state index < -0.39 is 0 Å². The number of rotatable bonds is 5. The van der Waals surface area contributed by atoms with Crippen LogP contribution in [-0.4, -0.2) is 54.1 Å². The molecule has 3 heterocycles. The summed E-state index contributed by atoms with van der Waals surface area (Å²) in [6.45, 7) is 4.22. The molecule has 5 nitrogen and oxygen atoms in total. The molecule has 0 unspecified atom stereocenters. The van der Waals surface area contributed by atoms with Gasteiger partial charge >= 0.3 is 0 Å². The fourth-order valence-corrected chi connectivity index (χ4v) is 3.35. The van der Waals surface area contributed by atoms with Gasteiger partial charge in [0.05, 0.1) is 6.04 Å². The quantitative estimate of drug-likeness (QED) is 0.850. The molecule has 120 valence electrons. The lowest BCUT2D eigenvalue weighted by molar-refractivity contribution is -0.123. The Morgan fingerprint density at radius 1 is 1.27 bits per heavy atom. The Morgan fingerprint density at radius 3 is 2.73 bits per heavy atom. The molecule has 2 N–H and O–H groups in total. The number of hydrogen-bond acceptors (Lipinski definition) is 4. The zero-order chi connectivity index (χ0) is 15.2. The van der Waals surface area contributed by atoms with E-state index in [-0.39, 0.29) is 11.9 Å². The summed E-state index contributed by atoms with van der Waals surface area (Å²) in [6, 6.07) is 4.57. The third-order valence-corrected chi connectivity index (χ3v) is 4.78. The molecule has 1 aromatic heterocycles. The maximum absolute atomic E-state index is 12.1. The summed E-state index contributed by atoms with van der Waals surface area (Å²) in [5.74, 6) is 0.202. The molecule has 0 aromatic carbocycles. The van der Waals surface area contributed by atoms with E-state index in [1.54, 1.807) is 0 Å². The molecular formula is C17H26N4O. The lowest BCUT2D eigenvalue weighted by Crippen LogP contribution is -2.49. The van der Waals surface area contributed by atoms with Crippen LogP contribution in [0.25, 0.3) is 0 Å². The van der Waals surface area contributed by atoms with Crippen molar-refractivity contribution in [2.45, 2.75) is 44.2 Å². The minimum absolute atomic E-state index is 0.0460. The largest absolute Gasteiger partial charge is 0.352 e. The van der Waals surface area contributed by atoms with Crippen molar-refractivity contribution in [3.63, 3.8) is 0 Å². The fourth-order valence-electron chi connectivity index (χ4n) is 3.35. The minimum Gasteiger partial charge on any atom is -0.352 e. The second-order valence-electron chi connectivity index (χ2n) is 6.38. The topological polar surface area (TPSA) is 57.3 Å². The molecule has 2 aliphatic rings. The van der Waals surface area contributed by atoms with Gasteiger partial charge in [-0.15, -0.1) is 0 Å². The van der Waals surface area contributed by atoms with Crippen molar-refractivity contribution in [2.24, 2.45) is 0 Å². The number of piperidine rings is 1. The van der Waals surface area contributed by atoms with Gasteiger partial charge in [0.1, 0.15) is 0 Å². The van der Waals surface area contributed by atoms with Gasteiger partial charge in [0.2, 0.25) is 5.91 Å². The molecule has 1 amide bonds. The van der Waals surface area contributed by atoms with Crippen LogP contribution in [0.1, 0.15) is 31.2 Å². The highest BCUT2D eigenvalue weighted by Gasteiger charge is 2.26. The Hall–Kier alpha value is -1.46. The molecule has 0 aliphatic carbocycles. The molecule has 22 heavy (non-hydrogen) atoms. The lowest BCUT2D eigenvalue weighted by Gasteiger charge is -2.32. The van der Waals surface area contributed by atoms with Gasteiger partial charge in [-0.05, 0) is 56.3 Å². The van der Waals surface area contributed by atoms with Gasteiger partial charge in [-0.1, -0.05) is 0 Å². The number of pyridine rings is 1. The van der Waals surface area contributed by atoms with E-state index in [1.165, 1.54) is 5.56 Å². The Balaban J connectivity index is 1.36. The number of aromatic nitrogens is 1. The highest BCUT2D eigenvalue weighted by molar-refractivity contribution is 5.82. The van der Waals surface area contributed by atoms with E-state index in [0.29, 0.717) is 6.04 Å². The van der Waals surface area contributed by atoms with Crippen molar-refractivity contribution in [3.8, 4) is 0 Å². The van der Waals surface area contributed by atoms with Crippen LogP contribution < -0.4 is 10.6 Å². The molecule has 3 rings (SSSR count). The maximum atomic E-state index is 12.1. The molecule has 0 saturated carbocycles. The summed E-state index contributed by atoms with van der Waals surface area (Å²) in [5, 5.41) is 6.48. The van der Waals surface area contributed by atoms with Crippen LogP contribution in [0, 0.1) is 0 Å². The fraction of sp³-hybridized carbons (Fsp3) is 0.647. The van der Waals surface area contributed by atoms with E-state index >= 15 is 0 Å². The number of carbonyl (C=O) groups is 1. The summed E-state index contributed by atoms with van der Waals surface area (Å²) in [4.78, 5) is 18.7. The Morgan fingerprint density at radius 2 is 2.05 bits per heavy atom. The van der Waals surface area contributed by atoms with Gasteiger partial charge in [-0.3, -0.25) is 9.78 Å².